The first-order valence-electron chi connectivity index (χ1n) is 6.77. The van der Waals surface area contributed by atoms with Gasteiger partial charge in [0.25, 0.3) is 0 Å². The standard InChI is InChI=1S/C14H16BrN5/c15-11-1-6-20-13(9-11)12(10-16)18-14(20)2-5-19-7-3-17-4-8-19/h1,6,9,17H,2-5,7-8H2. The van der Waals surface area contributed by atoms with Gasteiger partial charge in [-0.3, -0.25) is 0 Å². The SMILES string of the molecule is N#Cc1nc(CCN2CCNCC2)n2ccc(Br)cc12. The van der Waals surface area contributed by atoms with Gasteiger partial charge in [-0.05, 0) is 12.1 Å². The normalized spacial score (nSPS) is 16.4. The first-order chi connectivity index (χ1) is 9.78. The smallest absolute Gasteiger partial charge is 0.166 e. The van der Waals surface area contributed by atoms with Gasteiger partial charge in [0, 0.05) is 49.8 Å². The number of piperazine rings is 1. The minimum absolute atomic E-state index is 0.501. The minimum Gasteiger partial charge on any atom is -0.314 e. The highest BCUT2D eigenvalue weighted by atomic mass is 79.9. The first-order valence-corrected chi connectivity index (χ1v) is 7.57. The Bertz CT molecular complexity index is 651. The van der Waals surface area contributed by atoms with Gasteiger partial charge in [0.1, 0.15) is 11.9 Å². The molecule has 0 spiro atoms. The Balaban J connectivity index is 1.82. The van der Waals surface area contributed by atoms with Crippen LogP contribution < -0.4 is 5.32 Å². The molecule has 1 aliphatic heterocycles. The fourth-order valence-corrected chi connectivity index (χ4v) is 2.91. The Morgan fingerprint density at radius 2 is 2.20 bits per heavy atom. The van der Waals surface area contributed by atoms with Gasteiger partial charge >= 0.3 is 0 Å². The van der Waals surface area contributed by atoms with Gasteiger partial charge < -0.3 is 14.6 Å². The average Bonchev–Trinajstić information content (AvgIpc) is 2.83. The van der Waals surface area contributed by atoms with Crippen LogP contribution in [0.25, 0.3) is 5.52 Å². The molecule has 20 heavy (non-hydrogen) atoms. The van der Waals surface area contributed by atoms with Crippen molar-refractivity contribution in [2.45, 2.75) is 6.42 Å². The molecular weight excluding hydrogens is 318 g/mol. The van der Waals surface area contributed by atoms with E-state index in [0.717, 1.165) is 55.0 Å². The molecular formula is C14H16BrN5. The van der Waals surface area contributed by atoms with Crippen LogP contribution in [0.4, 0.5) is 0 Å². The lowest BCUT2D eigenvalue weighted by Gasteiger charge is -2.26. The minimum atomic E-state index is 0.501. The summed E-state index contributed by atoms with van der Waals surface area (Å²) >= 11 is 3.44. The Morgan fingerprint density at radius 3 is 2.95 bits per heavy atom. The van der Waals surface area contributed by atoms with Crippen LogP contribution in [-0.2, 0) is 6.42 Å². The summed E-state index contributed by atoms with van der Waals surface area (Å²) in [5, 5.41) is 12.5. The number of hydrogen-bond acceptors (Lipinski definition) is 4. The van der Waals surface area contributed by atoms with Crippen LogP contribution in [0.2, 0.25) is 0 Å². The number of pyridine rings is 1. The molecule has 0 bridgehead atoms. The number of rotatable bonds is 3. The molecule has 0 unspecified atom stereocenters. The van der Waals surface area contributed by atoms with Gasteiger partial charge in [0.05, 0.1) is 5.52 Å². The van der Waals surface area contributed by atoms with Crippen LogP contribution in [-0.4, -0.2) is 47.0 Å². The predicted octanol–water partition coefficient (Wildman–Crippen LogP) is 1.42. The molecule has 5 nitrogen and oxygen atoms in total. The third-order valence-corrected chi connectivity index (χ3v) is 4.14. The number of aromatic nitrogens is 2. The van der Waals surface area contributed by atoms with Gasteiger partial charge in [-0.15, -0.1) is 0 Å². The lowest BCUT2D eigenvalue weighted by atomic mass is 10.3. The van der Waals surface area contributed by atoms with Crippen molar-refractivity contribution in [3.63, 3.8) is 0 Å². The Labute approximate surface area is 126 Å². The molecule has 0 aliphatic carbocycles. The number of nitriles is 1. The van der Waals surface area contributed by atoms with Gasteiger partial charge in [-0.25, -0.2) is 4.98 Å². The van der Waals surface area contributed by atoms with E-state index >= 15 is 0 Å². The van der Waals surface area contributed by atoms with E-state index in [-0.39, 0.29) is 0 Å². The Morgan fingerprint density at radius 1 is 1.40 bits per heavy atom. The van der Waals surface area contributed by atoms with Crippen molar-refractivity contribution in [1.29, 1.82) is 5.26 Å². The number of hydrogen-bond donors (Lipinski definition) is 1. The number of nitrogens with zero attached hydrogens (tertiary/aromatic N) is 4. The van der Waals surface area contributed by atoms with Crippen LogP contribution in [0.1, 0.15) is 11.5 Å². The maximum atomic E-state index is 9.20. The first kappa shape index (κ1) is 13.6. The molecule has 3 heterocycles. The van der Waals surface area contributed by atoms with Crippen LogP contribution in [0, 0.1) is 11.3 Å². The zero-order valence-electron chi connectivity index (χ0n) is 11.1. The van der Waals surface area contributed by atoms with Gasteiger partial charge in [-0.2, -0.15) is 5.26 Å². The van der Waals surface area contributed by atoms with Crippen LogP contribution >= 0.6 is 15.9 Å². The Hall–Kier alpha value is -1.42. The second-order valence-electron chi connectivity index (χ2n) is 4.93. The van der Waals surface area contributed by atoms with E-state index in [9.17, 15) is 5.26 Å². The van der Waals surface area contributed by atoms with E-state index < -0.39 is 0 Å². The fourth-order valence-electron chi connectivity index (χ4n) is 2.57. The molecule has 1 aliphatic rings. The zero-order chi connectivity index (χ0) is 13.9. The Kier molecular flexibility index (Phi) is 4.01. The van der Waals surface area contributed by atoms with E-state index in [4.69, 9.17) is 0 Å². The number of halogens is 1. The van der Waals surface area contributed by atoms with E-state index in [2.05, 4.69) is 37.2 Å². The highest BCUT2D eigenvalue weighted by molar-refractivity contribution is 9.10. The van der Waals surface area contributed by atoms with Crippen molar-refractivity contribution in [3.8, 4) is 6.07 Å². The highest BCUT2D eigenvalue weighted by Gasteiger charge is 2.14. The van der Waals surface area contributed by atoms with Gasteiger partial charge in [-0.1, -0.05) is 15.9 Å². The molecule has 2 aromatic heterocycles. The van der Waals surface area contributed by atoms with Gasteiger partial charge in [0.2, 0.25) is 0 Å². The van der Waals surface area contributed by atoms with Crippen LogP contribution in [0.3, 0.4) is 0 Å². The molecule has 1 saturated heterocycles. The molecule has 0 atom stereocenters. The highest BCUT2D eigenvalue weighted by Crippen LogP contribution is 2.18. The molecule has 0 radical (unpaired) electrons. The lowest BCUT2D eigenvalue weighted by Crippen LogP contribution is -2.44. The quantitative estimate of drug-likeness (QED) is 0.922. The molecule has 1 fully saturated rings. The second-order valence-corrected chi connectivity index (χ2v) is 5.85. The van der Waals surface area contributed by atoms with Crippen molar-refractivity contribution >= 4 is 21.4 Å². The molecule has 104 valence electrons. The molecule has 3 rings (SSSR count). The topological polar surface area (TPSA) is 56.4 Å². The van der Waals surface area contributed by atoms with Crippen molar-refractivity contribution in [3.05, 3.63) is 34.3 Å². The number of fused-ring (bicyclic) bond motifs is 1. The maximum absolute atomic E-state index is 9.20. The van der Waals surface area contributed by atoms with Gasteiger partial charge in [0.15, 0.2) is 5.69 Å². The van der Waals surface area contributed by atoms with Crippen molar-refractivity contribution < 1.29 is 0 Å². The molecule has 0 aromatic carbocycles. The summed E-state index contributed by atoms with van der Waals surface area (Å²) in [6, 6.07) is 6.10. The zero-order valence-corrected chi connectivity index (χ0v) is 12.7. The fraction of sp³-hybridized carbons (Fsp3) is 0.429. The monoisotopic (exact) mass is 333 g/mol. The molecule has 0 saturated carbocycles. The molecule has 6 heteroatoms. The summed E-state index contributed by atoms with van der Waals surface area (Å²) < 4.78 is 2.99. The van der Waals surface area contributed by atoms with E-state index in [0.29, 0.717) is 5.69 Å². The largest absolute Gasteiger partial charge is 0.314 e. The van der Waals surface area contributed by atoms with E-state index in [1.165, 1.54) is 0 Å². The number of imidazole rings is 1. The third-order valence-electron chi connectivity index (χ3n) is 3.65. The van der Waals surface area contributed by atoms with Crippen molar-refractivity contribution in [2.24, 2.45) is 0 Å². The lowest BCUT2D eigenvalue weighted by molar-refractivity contribution is 0.242. The second kappa shape index (κ2) is 5.92. The summed E-state index contributed by atoms with van der Waals surface area (Å²) in [5.41, 5.74) is 1.37. The van der Waals surface area contributed by atoms with E-state index in [1.807, 2.05) is 22.7 Å². The average molecular weight is 334 g/mol. The maximum Gasteiger partial charge on any atom is 0.166 e. The van der Waals surface area contributed by atoms with E-state index in [1.54, 1.807) is 0 Å². The summed E-state index contributed by atoms with van der Waals surface area (Å²) in [5.74, 6) is 0.961. The van der Waals surface area contributed by atoms with Crippen molar-refractivity contribution in [2.75, 3.05) is 32.7 Å². The predicted molar refractivity (Wildman–Crippen MR) is 80.6 cm³/mol. The number of nitrogens with one attached hydrogen (secondary N) is 1. The van der Waals surface area contributed by atoms with Crippen molar-refractivity contribution in [1.82, 2.24) is 19.6 Å². The van der Waals surface area contributed by atoms with Crippen LogP contribution in [0.15, 0.2) is 22.8 Å². The molecule has 1 N–H and O–H groups in total. The molecule has 0 amide bonds. The summed E-state index contributed by atoms with van der Waals surface area (Å²) in [6.07, 6.45) is 2.84. The third kappa shape index (κ3) is 2.70. The summed E-state index contributed by atoms with van der Waals surface area (Å²) in [6.45, 7) is 5.26. The summed E-state index contributed by atoms with van der Waals surface area (Å²) in [4.78, 5) is 6.91. The molecule has 2 aromatic rings. The van der Waals surface area contributed by atoms with Crippen LogP contribution in [0.5, 0.6) is 0 Å². The summed E-state index contributed by atoms with van der Waals surface area (Å²) in [7, 11) is 0.